The van der Waals surface area contributed by atoms with Gasteiger partial charge >= 0.3 is 0 Å². The largest absolute Gasteiger partial charge is 0.384 e. The molecule has 0 aromatic carbocycles. The summed E-state index contributed by atoms with van der Waals surface area (Å²) in [5, 5.41) is 13.9. The molecule has 0 atom stereocenters. The molecular formula is C9H11N7S2. The summed E-state index contributed by atoms with van der Waals surface area (Å²) in [5.41, 5.74) is 5.74. The fraction of sp³-hybridized carbons (Fsp3) is 0.444. The molecule has 18 heavy (non-hydrogen) atoms. The van der Waals surface area contributed by atoms with E-state index in [1.165, 1.54) is 23.5 Å². The number of tetrazole rings is 1. The lowest BCUT2D eigenvalue weighted by molar-refractivity contribution is 0.565. The predicted molar refractivity (Wildman–Crippen MR) is 68.4 cm³/mol. The van der Waals surface area contributed by atoms with Crippen LogP contribution in [-0.4, -0.2) is 36.4 Å². The van der Waals surface area contributed by atoms with Crippen LogP contribution in [0.5, 0.6) is 0 Å². The van der Waals surface area contributed by atoms with Crippen molar-refractivity contribution >= 4 is 29.3 Å². The number of thioether (sulfide) groups is 1. The molecule has 1 aliphatic rings. The number of aromatic nitrogens is 6. The second-order valence-electron chi connectivity index (χ2n) is 3.86. The van der Waals surface area contributed by atoms with Gasteiger partial charge in [0, 0.05) is 6.07 Å². The molecule has 1 aliphatic carbocycles. The maximum absolute atomic E-state index is 5.74. The van der Waals surface area contributed by atoms with Crippen molar-refractivity contribution < 1.29 is 0 Å². The van der Waals surface area contributed by atoms with E-state index in [1.54, 1.807) is 6.07 Å². The second kappa shape index (κ2) is 4.73. The standard InChI is InChI=1S/C9H11N7S2/c1-17-8-11-6(10)4-7(12-8)18-9-13-14-15-16(9)5-2-3-5/h4-5H,2-3H2,1H3,(H2,10,11,12). The molecule has 0 spiro atoms. The van der Waals surface area contributed by atoms with Gasteiger partial charge in [0.1, 0.15) is 10.8 Å². The number of rotatable bonds is 4. The van der Waals surface area contributed by atoms with E-state index in [-0.39, 0.29) is 0 Å². The molecular weight excluding hydrogens is 270 g/mol. The third-order valence-electron chi connectivity index (χ3n) is 2.44. The van der Waals surface area contributed by atoms with E-state index in [1.807, 2.05) is 10.9 Å². The SMILES string of the molecule is CSc1nc(N)cc(Sc2nnnn2C2CC2)n1. The van der Waals surface area contributed by atoms with Gasteiger partial charge in [-0.25, -0.2) is 14.6 Å². The van der Waals surface area contributed by atoms with Gasteiger partial charge in [0.2, 0.25) is 5.16 Å². The molecule has 1 fully saturated rings. The van der Waals surface area contributed by atoms with Gasteiger partial charge in [-0.3, -0.25) is 0 Å². The van der Waals surface area contributed by atoms with Gasteiger partial charge in [-0.05, 0) is 41.3 Å². The Bertz CT molecular complexity index is 566. The summed E-state index contributed by atoms with van der Waals surface area (Å²) in [7, 11) is 0. The van der Waals surface area contributed by atoms with Gasteiger partial charge in [-0.15, -0.1) is 5.10 Å². The molecule has 3 rings (SSSR count). The van der Waals surface area contributed by atoms with E-state index in [4.69, 9.17) is 5.73 Å². The molecule has 0 unspecified atom stereocenters. The summed E-state index contributed by atoms with van der Waals surface area (Å²) in [6, 6.07) is 2.18. The molecule has 0 amide bonds. The highest BCUT2D eigenvalue weighted by molar-refractivity contribution is 7.99. The highest BCUT2D eigenvalue weighted by atomic mass is 32.2. The summed E-state index contributed by atoms with van der Waals surface area (Å²) in [6.45, 7) is 0. The van der Waals surface area contributed by atoms with Crippen molar-refractivity contribution in [3.8, 4) is 0 Å². The predicted octanol–water partition coefficient (Wildman–Crippen LogP) is 1.25. The number of hydrogen-bond donors (Lipinski definition) is 1. The normalized spacial score (nSPS) is 14.9. The van der Waals surface area contributed by atoms with Crippen molar-refractivity contribution in [2.75, 3.05) is 12.0 Å². The molecule has 2 N–H and O–H groups in total. The Morgan fingerprint density at radius 3 is 2.94 bits per heavy atom. The monoisotopic (exact) mass is 281 g/mol. The molecule has 2 heterocycles. The van der Waals surface area contributed by atoms with E-state index >= 15 is 0 Å². The highest BCUT2D eigenvalue weighted by Gasteiger charge is 2.28. The minimum absolute atomic E-state index is 0.446. The summed E-state index contributed by atoms with van der Waals surface area (Å²) >= 11 is 2.87. The first-order chi connectivity index (χ1) is 8.76. The zero-order valence-corrected chi connectivity index (χ0v) is 11.3. The lowest BCUT2D eigenvalue weighted by Gasteiger charge is -2.03. The number of nitrogens with two attached hydrogens (primary N) is 1. The molecule has 7 nitrogen and oxygen atoms in total. The maximum atomic E-state index is 5.74. The van der Waals surface area contributed by atoms with Crippen molar-refractivity contribution in [2.24, 2.45) is 0 Å². The zero-order chi connectivity index (χ0) is 12.5. The minimum Gasteiger partial charge on any atom is -0.384 e. The number of hydrogen-bond acceptors (Lipinski definition) is 8. The van der Waals surface area contributed by atoms with Crippen molar-refractivity contribution in [3.63, 3.8) is 0 Å². The van der Waals surface area contributed by atoms with E-state index in [0.29, 0.717) is 17.0 Å². The summed E-state index contributed by atoms with van der Waals surface area (Å²) in [4.78, 5) is 8.48. The number of anilines is 1. The van der Waals surface area contributed by atoms with Gasteiger partial charge in [0.05, 0.1) is 6.04 Å². The molecule has 2 aromatic rings. The van der Waals surface area contributed by atoms with E-state index < -0.39 is 0 Å². The molecule has 0 aliphatic heterocycles. The van der Waals surface area contributed by atoms with Gasteiger partial charge < -0.3 is 5.73 Å². The van der Waals surface area contributed by atoms with Crippen LogP contribution >= 0.6 is 23.5 Å². The molecule has 1 saturated carbocycles. The van der Waals surface area contributed by atoms with Crippen molar-refractivity contribution in [3.05, 3.63) is 6.07 Å². The first-order valence-electron chi connectivity index (χ1n) is 5.40. The highest BCUT2D eigenvalue weighted by Crippen LogP contribution is 2.37. The Balaban J connectivity index is 1.87. The molecule has 0 bridgehead atoms. The first kappa shape index (κ1) is 11.7. The van der Waals surface area contributed by atoms with Crippen LogP contribution < -0.4 is 5.73 Å². The van der Waals surface area contributed by atoms with E-state index in [9.17, 15) is 0 Å². The summed E-state index contributed by atoms with van der Waals surface area (Å²) in [6.07, 6.45) is 4.19. The van der Waals surface area contributed by atoms with E-state index in [0.717, 1.165) is 23.0 Å². The fourth-order valence-corrected chi connectivity index (χ4v) is 2.76. The summed E-state index contributed by atoms with van der Waals surface area (Å²) < 4.78 is 1.85. The van der Waals surface area contributed by atoms with Gasteiger partial charge in [0.15, 0.2) is 5.16 Å². The third kappa shape index (κ3) is 2.41. The smallest absolute Gasteiger partial charge is 0.215 e. The van der Waals surface area contributed by atoms with Crippen LogP contribution in [0.25, 0.3) is 0 Å². The van der Waals surface area contributed by atoms with Gasteiger partial charge in [-0.1, -0.05) is 11.8 Å². The van der Waals surface area contributed by atoms with Crippen molar-refractivity contribution in [2.45, 2.75) is 34.2 Å². The Kier molecular flexibility index (Phi) is 3.08. The quantitative estimate of drug-likeness (QED) is 0.508. The lowest BCUT2D eigenvalue weighted by atomic mass is 10.6. The fourth-order valence-electron chi connectivity index (χ4n) is 1.46. The molecule has 2 aromatic heterocycles. The molecule has 0 saturated heterocycles. The molecule has 94 valence electrons. The van der Waals surface area contributed by atoms with Crippen LogP contribution in [0.2, 0.25) is 0 Å². The Morgan fingerprint density at radius 1 is 1.39 bits per heavy atom. The van der Waals surface area contributed by atoms with Crippen LogP contribution in [0.3, 0.4) is 0 Å². The minimum atomic E-state index is 0.446. The number of nitrogen functional groups attached to an aromatic ring is 1. The Hall–Kier alpha value is -1.35. The van der Waals surface area contributed by atoms with Crippen LogP contribution in [0.4, 0.5) is 5.82 Å². The van der Waals surface area contributed by atoms with E-state index in [2.05, 4.69) is 25.5 Å². The zero-order valence-electron chi connectivity index (χ0n) is 9.65. The van der Waals surface area contributed by atoms with Crippen LogP contribution in [0, 0.1) is 0 Å². The first-order valence-corrected chi connectivity index (χ1v) is 7.44. The van der Waals surface area contributed by atoms with Crippen molar-refractivity contribution in [1.29, 1.82) is 0 Å². The lowest BCUT2D eigenvalue weighted by Crippen LogP contribution is -2.00. The Morgan fingerprint density at radius 2 is 2.22 bits per heavy atom. The average molecular weight is 281 g/mol. The topological polar surface area (TPSA) is 95.4 Å². The Labute approximate surface area is 112 Å². The average Bonchev–Trinajstić information content (AvgIpc) is 3.10. The van der Waals surface area contributed by atoms with Crippen LogP contribution in [0.15, 0.2) is 21.4 Å². The summed E-state index contributed by atoms with van der Waals surface area (Å²) in [5.74, 6) is 0.460. The molecule has 0 radical (unpaired) electrons. The van der Waals surface area contributed by atoms with Crippen LogP contribution in [-0.2, 0) is 0 Å². The number of nitrogens with zero attached hydrogens (tertiary/aromatic N) is 6. The maximum Gasteiger partial charge on any atom is 0.215 e. The van der Waals surface area contributed by atoms with Gasteiger partial charge in [0.25, 0.3) is 0 Å². The molecule has 9 heteroatoms. The van der Waals surface area contributed by atoms with Gasteiger partial charge in [-0.2, -0.15) is 0 Å². The van der Waals surface area contributed by atoms with Crippen LogP contribution in [0.1, 0.15) is 18.9 Å². The third-order valence-corrected chi connectivity index (χ3v) is 3.85. The van der Waals surface area contributed by atoms with Crippen molar-refractivity contribution in [1.82, 2.24) is 30.2 Å². The second-order valence-corrected chi connectivity index (χ2v) is 5.62.